The maximum atomic E-state index is 11.8. The minimum Gasteiger partial charge on any atom is -0.379 e. The number of morpholine rings is 1. The molecule has 0 aromatic heterocycles. The first kappa shape index (κ1) is 26.3. The number of nitrogens with zero attached hydrogens (tertiary/aromatic N) is 3. The highest BCUT2D eigenvalue weighted by atomic mass is 127. The molecule has 0 saturated carbocycles. The molecule has 9 nitrogen and oxygen atoms in total. The Morgan fingerprint density at radius 2 is 1.97 bits per heavy atom. The van der Waals surface area contributed by atoms with E-state index in [1.165, 1.54) is 0 Å². The Morgan fingerprint density at radius 3 is 2.66 bits per heavy atom. The Balaban J connectivity index is 0.00000420. The molecule has 10 heteroatoms. The maximum Gasteiger partial charge on any atom is 0.243 e. The lowest BCUT2D eigenvalue weighted by molar-refractivity contribution is -0.127. The number of rotatable bonds is 11. The number of aliphatic imine (C=N–C) groups is 1. The van der Waals surface area contributed by atoms with Gasteiger partial charge in [0.05, 0.1) is 25.9 Å². The normalized spacial score (nSPS) is 20.2. The van der Waals surface area contributed by atoms with E-state index < -0.39 is 0 Å². The molecule has 2 saturated heterocycles. The molecule has 170 valence electrons. The van der Waals surface area contributed by atoms with Gasteiger partial charge < -0.3 is 29.7 Å². The number of hydrogen-bond donors (Lipinski definition) is 2. The van der Waals surface area contributed by atoms with Crippen molar-refractivity contribution in [2.45, 2.75) is 25.4 Å². The summed E-state index contributed by atoms with van der Waals surface area (Å²) < 4.78 is 16.6. The number of halogens is 1. The van der Waals surface area contributed by atoms with Gasteiger partial charge in [0.2, 0.25) is 5.91 Å². The van der Waals surface area contributed by atoms with Crippen LogP contribution in [0.25, 0.3) is 0 Å². The summed E-state index contributed by atoms with van der Waals surface area (Å²) in [5.74, 6) is 0.650. The second kappa shape index (κ2) is 16.1. The van der Waals surface area contributed by atoms with E-state index in [0.29, 0.717) is 19.2 Å². The van der Waals surface area contributed by atoms with Crippen LogP contribution in [0.3, 0.4) is 0 Å². The molecule has 2 N–H and O–H groups in total. The van der Waals surface area contributed by atoms with Gasteiger partial charge in [-0.25, -0.2) is 4.99 Å². The molecule has 0 spiro atoms. The van der Waals surface area contributed by atoms with Crippen molar-refractivity contribution < 1.29 is 19.0 Å². The van der Waals surface area contributed by atoms with Crippen molar-refractivity contribution in [2.24, 2.45) is 4.99 Å². The summed E-state index contributed by atoms with van der Waals surface area (Å²) >= 11 is 0. The van der Waals surface area contributed by atoms with E-state index in [9.17, 15) is 4.79 Å². The molecule has 29 heavy (non-hydrogen) atoms. The molecule has 0 bridgehead atoms. The molecule has 0 aromatic carbocycles. The van der Waals surface area contributed by atoms with Crippen LogP contribution >= 0.6 is 24.0 Å². The summed E-state index contributed by atoms with van der Waals surface area (Å²) in [5, 5.41) is 6.62. The second-order valence-electron chi connectivity index (χ2n) is 7.32. The SMILES string of the molecule is CN(C)C(=O)CN=C(NCCCOCC1CCCO1)NCCN1CCOCC1.I. The van der Waals surface area contributed by atoms with Gasteiger partial charge in [0.25, 0.3) is 0 Å². The molecule has 2 aliphatic rings. The Labute approximate surface area is 191 Å². The monoisotopic (exact) mass is 527 g/mol. The molecule has 2 heterocycles. The van der Waals surface area contributed by atoms with E-state index >= 15 is 0 Å². The highest BCUT2D eigenvalue weighted by molar-refractivity contribution is 14.0. The van der Waals surface area contributed by atoms with Crippen molar-refractivity contribution >= 4 is 35.8 Å². The second-order valence-corrected chi connectivity index (χ2v) is 7.32. The molecule has 1 atom stereocenters. The van der Waals surface area contributed by atoms with Gasteiger partial charge in [0, 0.05) is 60.0 Å². The Morgan fingerprint density at radius 1 is 1.21 bits per heavy atom. The van der Waals surface area contributed by atoms with Crippen molar-refractivity contribution in [1.82, 2.24) is 20.4 Å². The van der Waals surface area contributed by atoms with Gasteiger partial charge in [-0.3, -0.25) is 9.69 Å². The zero-order valence-corrected chi connectivity index (χ0v) is 20.2. The molecular weight excluding hydrogens is 489 g/mol. The van der Waals surface area contributed by atoms with Crippen LogP contribution in [0.15, 0.2) is 4.99 Å². The lowest BCUT2D eigenvalue weighted by atomic mass is 10.2. The zero-order valence-electron chi connectivity index (χ0n) is 17.9. The Kier molecular flexibility index (Phi) is 14.6. The first-order valence-corrected chi connectivity index (χ1v) is 10.4. The summed E-state index contributed by atoms with van der Waals surface area (Å²) in [5.41, 5.74) is 0. The van der Waals surface area contributed by atoms with E-state index in [4.69, 9.17) is 14.2 Å². The quantitative estimate of drug-likeness (QED) is 0.171. The fourth-order valence-electron chi connectivity index (χ4n) is 2.99. The number of ether oxygens (including phenoxy) is 3. The third-order valence-electron chi connectivity index (χ3n) is 4.78. The zero-order chi connectivity index (χ0) is 20.0. The summed E-state index contributed by atoms with van der Waals surface area (Å²) in [7, 11) is 3.48. The van der Waals surface area contributed by atoms with E-state index in [-0.39, 0.29) is 42.5 Å². The molecule has 0 aromatic rings. The van der Waals surface area contributed by atoms with Crippen LogP contribution in [0, 0.1) is 0 Å². The van der Waals surface area contributed by atoms with Crippen LogP contribution in [0.2, 0.25) is 0 Å². The number of hydrogen-bond acceptors (Lipinski definition) is 6. The first-order valence-electron chi connectivity index (χ1n) is 10.4. The van der Waals surface area contributed by atoms with E-state index in [1.807, 2.05) is 0 Å². The standard InChI is InChI=1S/C19H37N5O4.HI/c1-23(2)18(25)15-22-19(21-7-8-24-9-13-26-14-10-24)20-6-4-11-27-16-17-5-3-12-28-17;/h17H,3-16H2,1-2H3,(H2,20,21,22);1H. The summed E-state index contributed by atoms with van der Waals surface area (Å²) in [6.07, 6.45) is 3.38. The highest BCUT2D eigenvalue weighted by Gasteiger charge is 2.15. The van der Waals surface area contributed by atoms with Crippen LogP contribution in [-0.2, 0) is 19.0 Å². The van der Waals surface area contributed by atoms with Gasteiger partial charge in [0.1, 0.15) is 6.54 Å². The molecule has 0 radical (unpaired) electrons. The van der Waals surface area contributed by atoms with Gasteiger partial charge in [-0.2, -0.15) is 0 Å². The van der Waals surface area contributed by atoms with E-state index in [2.05, 4.69) is 20.5 Å². The van der Waals surface area contributed by atoms with Crippen molar-refractivity contribution in [1.29, 1.82) is 0 Å². The van der Waals surface area contributed by atoms with E-state index in [0.717, 1.165) is 71.8 Å². The molecule has 1 unspecified atom stereocenters. The van der Waals surface area contributed by atoms with Gasteiger partial charge >= 0.3 is 0 Å². The average Bonchev–Trinajstić information content (AvgIpc) is 3.22. The molecule has 2 fully saturated rings. The predicted octanol–water partition coefficient (Wildman–Crippen LogP) is 0.146. The summed E-state index contributed by atoms with van der Waals surface area (Å²) in [6.45, 7) is 8.31. The fraction of sp³-hybridized carbons (Fsp3) is 0.895. The van der Waals surface area contributed by atoms with Crippen LogP contribution in [0.1, 0.15) is 19.3 Å². The van der Waals surface area contributed by atoms with Crippen LogP contribution in [0.5, 0.6) is 0 Å². The summed E-state index contributed by atoms with van der Waals surface area (Å²) in [6, 6.07) is 0. The van der Waals surface area contributed by atoms with Crippen molar-refractivity contribution in [3.8, 4) is 0 Å². The minimum atomic E-state index is -0.0193. The van der Waals surface area contributed by atoms with Crippen molar-refractivity contribution in [3.63, 3.8) is 0 Å². The molecule has 1 amide bonds. The largest absolute Gasteiger partial charge is 0.379 e. The average molecular weight is 527 g/mol. The molecule has 2 rings (SSSR count). The smallest absolute Gasteiger partial charge is 0.243 e. The van der Waals surface area contributed by atoms with Gasteiger partial charge in [0.15, 0.2) is 5.96 Å². The molecule has 2 aliphatic heterocycles. The predicted molar refractivity (Wildman–Crippen MR) is 124 cm³/mol. The van der Waals surface area contributed by atoms with Crippen LogP contribution in [-0.4, -0.2) is 114 Å². The number of amides is 1. The molecular formula is C19H38IN5O4. The number of carbonyl (C=O) groups excluding carboxylic acids is 1. The van der Waals surface area contributed by atoms with Gasteiger partial charge in [-0.15, -0.1) is 24.0 Å². The lowest BCUT2D eigenvalue weighted by Gasteiger charge is -2.26. The minimum absolute atomic E-state index is 0. The van der Waals surface area contributed by atoms with E-state index in [1.54, 1.807) is 19.0 Å². The number of nitrogens with one attached hydrogen (secondary N) is 2. The van der Waals surface area contributed by atoms with Crippen LogP contribution in [0.4, 0.5) is 0 Å². The molecule has 0 aliphatic carbocycles. The lowest BCUT2D eigenvalue weighted by Crippen LogP contribution is -2.45. The topological polar surface area (TPSA) is 87.7 Å². The third-order valence-corrected chi connectivity index (χ3v) is 4.78. The first-order chi connectivity index (χ1) is 13.6. The Bertz CT molecular complexity index is 470. The van der Waals surface area contributed by atoms with Crippen molar-refractivity contribution in [3.05, 3.63) is 0 Å². The number of likely N-dealkylation sites (N-methyl/N-ethyl adjacent to an activating group) is 1. The number of guanidine groups is 1. The van der Waals surface area contributed by atoms with Crippen LogP contribution < -0.4 is 10.6 Å². The maximum absolute atomic E-state index is 11.8. The highest BCUT2D eigenvalue weighted by Crippen LogP contribution is 2.11. The van der Waals surface area contributed by atoms with Gasteiger partial charge in [-0.05, 0) is 19.3 Å². The van der Waals surface area contributed by atoms with Gasteiger partial charge in [-0.1, -0.05) is 0 Å². The fourth-order valence-corrected chi connectivity index (χ4v) is 2.99. The number of carbonyl (C=O) groups is 1. The Hall–Kier alpha value is -0.690. The summed E-state index contributed by atoms with van der Waals surface area (Å²) in [4.78, 5) is 20.1. The third kappa shape index (κ3) is 11.9. The van der Waals surface area contributed by atoms with Crippen molar-refractivity contribution in [2.75, 3.05) is 86.4 Å².